The molecule has 0 saturated heterocycles. The predicted molar refractivity (Wildman–Crippen MR) is 52.2 cm³/mol. The number of hydrogen-bond donors (Lipinski definition) is 1. The number of hydroxylamine groups is 2. The van der Waals surface area contributed by atoms with E-state index >= 15 is 0 Å². The molecule has 0 rings (SSSR count). The third-order valence-corrected chi connectivity index (χ3v) is 1.74. The van der Waals surface area contributed by atoms with E-state index in [-0.39, 0.29) is 6.04 Å². The summed E-state index contributed by atoms with van der Waals surface area (Å²) in [4.78, 5) is 10.3. The van der Waals surface area contributed by atoms with Gasteiger partial charge in [0.1, 0.15) is 0 Å². The molecule has 0 bridgehead atoms. The van der Waals surface area contributed by atoms with Gasteiger partial charge < -0.3 is 0 Å². The molecule has 3 heteroatoms. The van der Waals surface area contributed by atoms with Crippen LogP contribution in [0.4, 0.5) is 0 Å². The maximum Gasteiger partial charge on any atom is 0.233 e. The third-order valence-electron chi connectivity index (χ3n) is 1.74. The summed E-state index contributed by atoms with van der Waals surface area (Å²) in [6, 6.07) is -0.340. The van der Waals surface area contributed by atoms with Crippen molar-refractivity contribution in [3.8, 4) is 0 Å². The molecule has 1 atom stereocenters. The van der Waals surface area contributed by atoms with E-state index in [1.54, 1.807) is 18.2 Å². The van der Waals surface area contributed by atoms with Crippen molar-refractivity contribution in [1.29, 1.82) is 0 Å². The Labute approximate surface area is 78.6 Å². The second-order valence-electron chi connectivity index (χ2n) is 2.52. The van der Waals surface area contributed by atoms with Crippen LogP contribution in [0.3, 0.4) is 0 Å². The molecule has 3 nitrogen and oxygen atoms in total. The molecule has 0 aromatic heterocycles. The number of carbonyl (C=O) groups excluding carboxylic acids is 1. The Morgan fingerprint density at radius 1 is 1.62 bits per heavy atom. The molecule has 0 heterocycles. The number of nitrogens with zero attached hydrogens (tertiary/aromatic N) is 1. The minimum atomic E-state index is -0.340. The highest BCUT2D eigenvalue weighted by Crippen LogP contribution is 2.12. The molecule has 0 aliphatic heterocycles. The summed E-state index contributed by atoms with van der Waals surface area (Å²) in [6.45, 7) is 9.01. The van der Waals surface area contributed by atoms with Crippen LogP contribution in [-0.4, -0.2) is 22.7 Å². The number of rotatable bonds is 6. The highest BCUT2D eigenvalue weighted by atomic mass is 16.5. The largest absolute Gasteiger partial charge is 0.286 e. The Morgan fingerprint density at radius 3 is 2.54 bits per heavy atom. The Bertz CT molecular complexity index is 221. The molecule has 1 N–H and O–H groups in total. The maximum absolute atomic E-state index is 10.3. The van der Waals surface area contributed by atoms with Gasteiger partial charge in [-0.2, -0.15) is 0 Å². The molecule has 72 valence electrons. The van der Waals surface area contributed by atoms with Crippen molar-refractivity contribution in [2.24, 2.45) is 0 Å². The first-order valence-corrected chi connectivity index (χ1v) is 4.08. The summed E-state index contributed by atoms with van der Waals surface area (Å²) in [6.07, 6.45) is 5.92. The highest BCUT2D eigenvalue weighted by Gasteiger charge is 2.14. The predicted octanol–water partition coefficient (Wildman–Crippen LogP) is 1.91. The maximum atomic E-state index is 10.3. The van der Waals surface area contributed by atoms with E-state index in [0.717, 1.165) is 5.57 Å². The van der Waals surface area contributed by atoms with Gasteiger partial charge >= 0.3 is 0 Å². The second kappa shape index (κ2) is 6.20. The molecule has 0 fully saturated rings. The molecule has 1 amide bonds. The Kier molecular flexibility index (Phi) is 5.55. The van der Waals surface area contributed by atoms with Gasteiger partial charge in [0.15, 0.2) is 0 Å². The molecule has 0 radical (unpaired) electrons. The second-order valence-corrected chi connectivity index (χ2v) is 2.52. The first kappa shape index (κ1) is 11.6. The van der Waals surface area contributed by atoms with Gasteiger partial charge in [0.05, 0.1) is 6.04 Å². The zero-order valence-electron chi connectivity index (χ0n) is 7.81. The lowest BCUT2D eigenvalue weighted by Gasteiger charge is -2.21. The van der Waals surface area contributed by atoms with Crippen molar-refractivity contribution in [3.63, 3.8) is 0 Å². The summed E-state index contributed by atoms with van der Waals surface area (Å²) in [5.41, 5.74) is 0.770. The van der Waals surface area contributed by atoms with Crippen LogP contribution in [0, 0.1) is 0 Å². The summed E-state index contributed by atoms with van der Waals surface area (Å²) in [5.74, 6) is 0. The normalized spacial score (nSPS) is 13.2. The summed E-state index contributed by atoms with van der Waals surface area (Å²) in [7, 11) is 0. The van der Waals surface area contributed by atoms with E-state index in [1.807, 2.05) is 6.92 Å². The monoisotopic (exact) mass is 181 g/mol. The summed E-state index contributed by atoms with van der Waals surface area (Å²) in [5, 5.41) is 9.82. The minimum absolute atomic E-state index is 0.340. The van der Waals surface area contributed by atoms with Crippen LogP contribution in [0.15, 0.2) is 37.0 Å². The third kappa shape index (κ3) is 3.25. The lowest BCUT2D eigenvalue weighted by molar-refractivity contribution is -0.156. The Morgan fingerprint density at radius 2 is 2.23 bits per heavy atom. The fourth-order valence-corrected chi connectivity index (χ4v) is 1.10. The van der Waals surface area contributed by atoms with Crippen molar-refractivity contribution in [2.75, 3.05) is 0 Å². The smallest absolute Gasteiger partial charge is 0.233 e. The van der Waals surface area contributed by atoms with E-state index in [0.29, 0.717) is 17.9 Å². The topological polar surface area (TPSA) is 40.5 Å². The number of hydrogen-bond acceptors (Lipinski definition) is 2. The van der Waals surface area contributed by atoms with Crippen LogP contribution in [0.5, 0.6) is 0 Å². The Balaban J connectivity index is 4.70. The van der Waals surface area contributed by atoms with Gasteiger partial charge in [-0.15, -0.1) is 0 Å². The number of allylic oxidation sites excluding steroid dienone is 2. The van der Waals surface area contributed by atoms with E-state index in [1.165, 1.54) is 0 Å². The van der Waals surface area contributed by atoms with Crippen LogP contribution in [0.1, 0.15) is 13.3 Å². The van der Waals surface area contributed by atoms with E-state index in [9.17, 15) is 10.0 Å². The van der Waals surface area contributed by atoms with Crippen molar-refractivity contribution >= 4 is 6.41 Å². The van der Waals surface area contributed by atoms with Crippen molar-refractivity contribution in [1.82, 2.24) is 5.06 Å². The van der Waals surface area contributed by atoms with Crippen molar-refractivity contribution in [2.45, 2.75) is 19.4 Å². The van der Waals surface area contributed by atoms with Gasteiger partial charge in [-0.25, -0.2) is 5.06 Å². The van der Waals surface area contributed by atoms with Crippen LogP contribution in [-0.2, 0) is 4.79 Å². The minimum Gasteiger partial charge on any atom is -0.286 e. The molecule has 0 aliphatic rings. The highest BCUT2D eigenvalue weighted by molar-refractivity contribution is 5.47. The van der Waals surface area contributed by atoms with E-state index in [4.69, 9.17) is 0 Å². The molecular formula is C10H15NO2. The summed E-state index contributed by atoms with van der Waals surface area (Å²) < 4.78 is 0. The molecule has 1 unspecified atom stereocenters. The quantitative estimate of drug-likeness (QED) is 0.294. The average Bonchev–Trinajstić information content (AvgIpc) is 2.17. The van der Waals surface area contributed by atoms with E-state index < -0.39 is 0 Å². The fourth-order valence-electron chi connectivity index (χ4n) is 1.10. The molecule has 0 aliphatic carbocycles. The zero-order valence-corrected chi connectivity index (χ0v) is 7.81. The van der Waals surface area contributed by atoms with Crippen LogP contribution >= 0.6 is 0 Å². The first-order valence-electron chi connectivity index (χ1n) is 4.08. The molecule has 0 aromatic carbocycles. The average molecular weight is 181 g/mol. The van der Waals surface area contributed by atoms with Crippen LogP contribution in [0.2, 0.25) is 0 Å². The lowest BCUT2D eigenvalue weighted by atomic mass is 10.0. The number of carbonyl (C=O) groups is 1. The zero-order chi connectivity index (χ0) is 10.3. The van der Waals surface area contributed by atoms with Gasteiger partial charge in [0.2, 0.25) is 6.41 Å². The molecule has 0 aromatic rings. The van der Waals surface area contributed by atoms with Crippen molar-refractivity contribution in [3.05, 3.63) is 37.0 Å². The van der Waals surface area contributed by atoms with Gasteiger partial charge in [-0.1, -0.05) is 38.3 Å². The lowest BCUT2D eigenvalue weighted by Crippen LogP contribution is -2.31. The first-order chi connectivity index (χ1) is 6.21. The van der Waals surface area contributed by atoms with Crippen LogP contribution < -0.4 is 0 Å². The fraction of sp³-hybridized carbons (Fsp3) is 0.300. The molecule has 0 saturated carbocycles. The standard InChI is InChI=1S/C10H15NO2/c1-4-7-9(5-2)10(6-3)11(13)8-12/h4-5,7-8,10,13H,1-2,6H2,3H3/b9-7+. The van der Waals surface area contributed by atoms with Crippen molar-refractivity contribution < 1.29 is 10.0 Å². The molecule has 0 spiro atoms. The van der Waals surface area contributed by atoms with Gasteiger partial charge in [0, 0.05) is 0 Å². The van der Waals surface area contributed by atoms with Gasteiger partial charge in [-0.3, -0.25) is 10.0 Å². The van der Waals surface area contributed by atoms with E-state index in [2.05, 4.69) is 13.2 Å². The molecular weight excluding hydrogens is 166 g/mol. The van der Waals surface area contributed by atoms with Crippen LogP contribution in [0.25, 0.3) is 0 Å². The Hall–Kier alpha value is -1.35. The van der Waals surface area contributed by atoms with Gasteiger partial charge in [-0.05, 0) is 12.0 Å². The SMILES string of the molecule is C=C/C=C(\C=C)C(CC)N(O)C=O. The van der Waals surface area contributed by atoms with Gasteiger partial charge in [0.25, 0.3) is 0 Å². The number of amides is 1. The molecule has 13 heavy (non-hydrogen) atoms. The summed E-state index contributed by atoms with van der Waals surface area (Å²) >= 11 is 0.